The van der Waals surface area contributed by atoms with Gasteiger partial charge in [-0.3, -0.25) is 4.79 Å². The molecular formula is C16H24O2. The van der Waals surface area contributed by atoms with Crippen molar-refractivity contribution in [2.24, 2.45) is 5.41 Å². The van der Waals surface area contributed by atoms with Gasteiger partial charge in [0.2, 0.25) is 0 Å². The minimum absolute atomic E-state index is 0.124. The first-order valence-corrected chi connectivity index (χ1v) is 6.48. The summed E-state index contributed by atoms with van der Waals surface area (Å²) in [6.45, 7) is 12.2. The average Bonchev–Trinajstić information content (AvgIpc) is 2.24. The van der Waals surface area contributed by atoms with Gasteiger partial charge in [-0.25, -0.2) is 0 Å². The molecule has 0 fully saturated rings. The summed E-state index contributed by atoms with van der Waals surface area (Å²) in [7, 11) is 0. The van der Waals surface area contributed by atoms with Gasteiger partial charge in [0.25, 0.3) is 0 Å². The van der Waals surface area contributed by atoms with Gasteiger partial charge >= 0.3 is 0 Å². The molecule has 0 bridgehead atoms. The van der Waals surface area contributed by atoms with Crippen molar-refractivity contribution in [1.29, 1.82) is 0 Å². The molecule has 0 N–H and O–H groups in total. The largest absolute Gasteiger partial charge is 0.486 e. The van der Waals surface area contributed by atoms with Crippen molar-refractivity contribution in [3.63, 3.8) is 0 Å². The normalized spacial score (nSPS) is 11.7. The smallest absolute Gasteiger partial charge is 0.175 e. The van der Waals surface area contributed by atoms with Crippen LogP contribution >= 0.6 is 0 Å². The van der Waals surface area contributed by atoms with Crippen LogP contribution in [0.3, 0.4) is 0 Å². The SMILES string of the molecule is Cc1ccc(C(C)C)c(OCC(=O)C(C)(C)C)c1. The Kier molecular flexibility index (Phi) is 4.55. The molecule has 18 heavy (non-hydrogen) atoms. The van der Waals surface area contributed by atoms with E-state index >= 15 is 0 Å². The molecule has 100 valence electrons. The zero-order valence-electron chi connectivity index (χ0n) is 12.3. The van der Waals surface area contributed by atoms with E-state index in [2.05, 4.69) is 26.0 Å². The van der Waals surface area contributed by atoms with Crippen LogP contribution in [-0.2, 0) is 4.79 Å². The van der Waals surface area contributed by atoms with E-state index in [0.717, 1.165) is 16.9 Å². The van der Waals surface area contributed by atoms with Gasteiger partial charge in [0, 0.05) is 5.41 Å². The van der Waals surface area contributed by atoms with Crippen LogP contribution in [0.2, 0.25) is 0 Å². The van der Waals surface area contributed by atoms with Gasteiger partial charge in [-0.15, -0.1) is 0 Å². The topological polar surface area (TPSA) is 26.3 Å². The van der Waals surface area contributed by atoms with Crippen molar-refractivity contribution < 1.29 is 9.53 Å². The molecule has 0 heterocycles. The highest BCUT2D eigenvalue weighted by Crippen LogP contribution is 2.28. The van der Waals surface area contributed by atoms with Gasteiger partial charge in [-0.05, 0) is 30.0 Å². The van der Waals surface area contributed by atoms with E-state index in [1.807, 2.05) is 33.8 Å². The summed E-state index contributed by atoms with van der Waals surface area (Å²) < 4.78 is 5.72. The number of hydrogen-bond acceptors (Lipinski definition) is 2. The predicted molar refractivity (Wildman–Crippen MR) is 75.2 cm³/mol. The number of ketones is 1. The zero-order valence-corrected chi connectivity index (χ0v) is 12.3. The lowest BCUT2D eigenvalue weighted by Crippen LogP contribution is -2.26. The van der Waals surface area contributed by atoms with Gasteiger partial charge in [0.05, 0.1) is 0 Å². The number of aryl methyl sites for hydroxylation is 1. The molecule has 0 aromatic heterocycles. The summed E-state index contributed by atoms with van der Waals surface area (Å²) >= 11 is 0. The van der Waals surface area contributed by atoms with E-state index < -0.39 is 0 Å². The fourth-order valence-electron chi connectivity index (χ4n) is 1.60. The van der Waals surface area contributed by atoms with E-state index in [0.29, 0.717) is 5.92 Å². The molecule has 0 saturated heterocycles. The second-order valence-electron chi connectivity index (χ2n) is 6.16. The third-order valence-electron chi connectivity index (χ3n) is 2.99. The fourth-order valence-corrected chi connectivity index (χ4v) is 1.60. The number of benzene rings is 1. The molecule has 0 aliphatic heterocycles. The van der Waals surface area contributed by atoms with E-state index in [1.165, 1.54) is 0 Å². The molecule has 0 radical (unpaired) electrons. The average molecular weight is 248 g/mol. The molecule has 1 aromatic carbocycles. The summed E-state index contributed by atoms with van der Waals surface area (Å²) in [5, 5.41) is 0. The van der Waals surface area contributed by atoms with Gasteiger partial charge in [-0.2, -0.15) is 0 Å². The maximum Gasteiger partial charge on any atom is 0.175 e. The minimum Gasteiger partial charge on any atom is -0.486 e. The Bertz CT molecular complexity index is 425. The van der Waals surface area contributed by atoms with Crippen molar-refractivity contribution in [2.45, 2.75) is 47.5 Å². The third kappa shape index (κ3) is 3.86. The van der Waals surface area contributed by atoms with Crippen molar-refractivity contribution >= 4 is 5.78 Å². The van der Waals surface area contributed by atoms with E-state index in [1.54, 1.807) is 0 Å². The molecular weight excluding hydrogens is 224 g/mol. The number of carbonyl (C=O) groups is 1. The number of ether oxygens (including phenoxy) is 1. The number of hydrogen-bond donors (Lipinski definition) is 0. The minimum atomic E-state index is -0.345. The first kappa shape index (κ1) is 14.7. The predicted octanol–water partition coefficient (Wildman–Crippen LogP) is 4.11. The Morgan fingerprint density at radius 3 is 2.39 bits per heavy atom. The highest BCUT2D eigenvalue weighted by atomic mass is 16.5. The first-order valence-electron chi connectivity index (χ1n) is 6.48. The monoisotopic (exact) mass is 248 g/mol. The van der Waals surface area contributed by atoms with Crippen LogP contribution < -0.4 is 4.74 Å². The second-order valence-corrected chi connectivity index (χ2v) is 6.16. The molecule has 0 aliphatic rings. The van der Waals surface area contributed by atoms with Crippen LogP contribution in [0.5, 0.6) is 5.75 Å². The Hall–Kier alpha value is -1.31. The molecule has 0 spiro atoms. The van der Waals surface area contributed by atoms with Gasteiger partial charge < -0.3 is 4.74 Å². The number of Topliss-reactive ketones (excluding diaryl/α,β-unsaturated/α-hetero) is 1. The fraction of sp³-hybridized carbons (Fsp3) is 0.562. The van der Waals surface area contributed by atoms with Crippen molar-refractivity contribution in [1.82, 2.24) is 0 Å². The van der Waals surface area contributed by atoms with Crippen LogP contribution in [-0.4, -0.2) is 12.4 Å². The lowest BCUT2D eigenvalue weighted by atomic mass is 9.91. The highest BCUT2D eigenvalue weighted by molar-refractivity contribution is 5.85. The summed E-state index contributed by atoms with van der Waals surface area (Å²) in [5.74, 6) is 1.35. The van der Waals surface area contributed by atoms with Crippen molar-refractivity contribution in [2.75, 3.05) is 6.61 Å². The Labute approximate surface area is 110 Å². The van der Waals surface area contributed by atoms with Crippen LogP contribution in [0, 0.1) is 12.3 Å². The number of rotatable bonds is 4. The van der Waals surface area contributed by atoms with Crippen LogP contribution in [0.25, 0.3) is 0 Å². The molecule has 0 atom stereocenters. The summed E-state index contributed by atoms with van der Waals surface area (Å²) in [6, 6.07) is 6.16. The van der Waals surface area contributed by atoms with Gasteiger partial charge in [0.15, 0.2) is 5.78 Å². The molecule has 0 saturated carbocycles. The van der Waals surface area contributed by atoms with Crippen molar-refractivity contribution in [3.05, 3.63) is 29.3 Å². The van der Waals surface area contributed by atoms with E-state index in [4.69, 9.17) is 4.74 Å². The molecule has 2 heteroatoms. The molecule has 0 aliphatic carbocycles. The van der Waals surface area contributed by atoms with Crippen LogP contribution in [0.15, 0.2) is 18.2 Å². The van der Waals surface area contributed by atoms with Crippen LogP contribution in [0.1, 0.15) is 51.7 Å². The lowest BCUT2D eigenvalue weighted by molar-refractivity contribution is -0.128. The van der Waals surface area contributed by atoms with E-state index in [-0.39, 0.29) is 17.8 Å². The van der Waals surface area contributed by atoms with Gasteiger partial charge in [0.1, 0.15) is 12.4 Å². The Morgan fingerprint density at radius 1 is 1.28 bits per heavy atom. The van der Waals surface area contributed by atoms with Crippen molar-refractivity contribution in [3.8, 4) is 5.75 Å². The Balaban J connectivity index is 2.84. The quantitative estimate of drug-likeness (QED) is 0.801. The van der Waals surface area contributed by atoms with Crippen LogP contribution in [0.4, 0.5) is 0 Å². The third-order valence-corrected chi connectivity index (χ3v) is 2.99. The summed E-state index contributed by atoms with van der Waals surface area (Å²) in [4.78, 5) is 11.9. The zero-order chi connectivity index (χ0) is 13.9. The second kappa shape index (κ2) is 5.55. The first-order chi connectivity index (χ1) is 8.21. The maximum absolute atomic E-state index is 11.9. The molecule has 1 aromatic rings. The maximum atomic E-state index is 11.9. The molecule has 1 rings (SSSR count). The standard InChI is InChI=1S/C16H24O2/c1-11(2)13-8-7-12(3)9-14(13)18-10-15(17)16(4,5)6/h7-9,11H,10H2,1-6H3. The molecule has 0 unspecified atom stereocenters. The summed E-state index contributed by atoms with van der Waals surface area (Å²) in [6.07, 6.45) is 0. The Morgan fingerprint density at radius 2 is 1.89 bits per heavy atom. The highest BCUT2D eigenvalue weighted by Gasteiger charge is 2.22. The van der Waals surface area contributed by atoms with E-state index in [9.17, 15) is 4.79 Å². The van der Waals surface area contributed by atoms with Gasteiger partial charge in [-0.1, -0.05) is 46.8 Å². The molecule has 2 nitrogen and oxygen atoms in total. The summed E-state index contributed by atoms with van der Waals surface area (Å²) in [5.41, 5.74) is 1.96. The number of carbonyl (C=O) groups excluding carboxylic acids is 1. The lowest BCUT2D eigenvalue weighted by Gasteiger charge is -2.19. The molecule has 0 amide bonds.